The maximum atomic E-state index is 12.1. The number of furan rings is 1. The summed E-state index contributed by atoms with van der Waals surface area (Å²) in [7, 11) is 0. The van der Waals surface area contributed by atoms with E-state index in [0.717, 1.165) is 18.6 Å². The molecule has 0 unspecified atom stereocenters. The Morgan fingerprint density at radius 3 is 2.77 bits per heavy atom. The van der Waals surface area contributed by atoms with Gasteiger partial charge in [-0.3, -0.25) is 4.79 Å². The fourth-order valence-corrected chi connectivity index (χ4v) is 3.25. The van der Waals surface area contributed by atoms with Crippen LogP contribution in [0.2, 0.25) is 0 Å². The topological polar surface area (TPSA) is 74.5 Å². The number of aliphatic hydroxyl groups excluding tert-OH is 1. The smallest absolute Gasteiger partial charge is 0.234 e. The van der Waals surface area contributed by atoms with Crippen LogP contribution in [-0.2, 0) is 4.79 Å². The fourth-order valence-electron chi connectivity index (χ4n) is 3.25. The van der Waals surface area contributed by atoms with Gasteiger partial charge in [0, 0.05) is 5.54 Å². The maximum absolute atomic E-state index is 12.1. The third-order valence-electron chi connectivity index (χ3n) is 4.83. The first-order valence-corrected chi connectivity index (χ1v) is 8.24. The summed E-state index contributed by atoms with van der Waals surface area (Å²) >= 11 is 0. The van der Waals surface area contributed by atoms with Gasteiger partial charge < -0.3 is 20.2 Å². The van der Waals surface area contributed by atoms with Gasteiger partial charge in [-0.05, 0) is 44.7 Å². The highest BCUT2D eigenvalue weighted by atomic mass is 16.3. The van der Waals surface area contributed by atoms with E-state index in [1.807, 2.05) is 26.0 Å². The molecule has 3 N–H and O–H groups in total. The molecule has 1 heterocycles. The summed E-state index contributed by atoms with van der Waals surface area (Å²) in [5.41, 5.74) is -0.383. The normalized spacial score (nSPS) is 20.3. The summed E-state index contributed by atoms with van der Waals surface area (Å²) in [6.07, 6.45) is 7.54. The number of carbonyl (C=O) groups is 1. The number of nitrogens with one attached hydrogen (secondary N) is 2. The van der Waals surface area contributed by atoms with Gasteiger partial charge in [0.1, 0.15) is 5.76 Å². The van der Waals surface area contributed by atoms with Crippen LogP contribution >= 0.6 is 0 Å². The standard InChI is InChI=1S/C17H28N2O3/c1-13(15-9-6-10-22-15)19-16(21)11-18-17(2,12-20)14-7-4-3-5-8-14/h6,9-10,13-14,18,20H,3-5,7-8,11-12H2,1-2H3,(H,19,21)/t13-,17+/m0/s1. The van der Waals surface area contributed by atoms with E-state index in [1.165, 1.54) is 19.3 Å². The largest absolute Gasteiger partial charge is 0.467 e. The van der Waals surface area contributed by atoms with Crippen molar-refractivity contribution in [2.24, 2.45) is 5.92 Å². The first-order valence-electron chi connectivity index (χ1n) is 8.24. The Labute approximate surface area is 132 Å². The molecule has 1 aliphatic rings. The molecule has 1 aromatic heterocycles. The summed E-state index contributed by atoms with van der Waals surface area (Å²) in [4.78, 5) is 12.1. The molecular weight excluding hydrogens is 280 g/mol. The van der Waals surface area contributed by atoms with Crippen LogP contribution < -0.4 is 10.6 Å². The average molecular weight is 308 g/mol. The lowest BCUT2D eigenvalue weighted by molar-refractivity contribution is -0.121. The molecule has 0 aromatic carbocycles. The van der Waals surface area contributed by atoms with E-state index in [0.29, 0.717) is 5.92 Å². The highest BCUT2D eigenvalue weighted by Crippen LogP contribution is 2.32. The van der Waals surface area contributed by atoms with Gasteiger partial charge in [-0.2, -0.15) is 0 Å². The zero-order chi connectivity index (χ0) is 16.0. The highest BCUT2D eigenvalue weighted by molar-refractivity contribution is 5.78. The Balaban J connectivity index is 1.82. The Morgan fingerprint density at radius 2 is 2.18 bits per heavy atom. The van der Waals surface area contributed by atoms with Gasteiger partial charge in [0.2, 0.25) is 5.91 Å². The molecule has 1 fully saturated rings. The van der Waals surface area contributed by atoms with E-state index >= 15 is 0 Å². The predicted octanol–water partition coefficient (Wildman–Crippen LogP) is 2.38. The number of hydrogen-bond donors (Lipinski definition) is 3. The molecule has 0 bridgehead atoms. The van der Waals surface area contributed by atoms with Gasteiger partial charge >= 0.3 is 0 Å². The van der Waals surface area contributed by atoms with Crippen molar-refractivity contribution in [1.29, 1.82) is 0 Å². The molecule has 2 atom stereocenters. The van der Waals surface area contributed by atoms with Crippen molar-refractivity contribution < 1.29 is 14.3 Å². The highest BCUT2D eigenvalue weighted by Gasteiger charge is 2.34. The third-order valence-corrected chi connectivity index (χ3v) is 4.83. The summed E-state index contributed by atoms with van der Waals surface area (Å²) in [5.74, 6) is 1.09. The van der Waals surface area contributed by atoms with Crippen LogP contribution in [0.1, 0.15) is 57.8 Å². The molecule has 1 saturated carbocycles. The molecule has 5 heteroatoms. The third kappa shape index (κ3) is 4.34. The molecule has 124 valence electrons. The first-order chi connectivity index (χ1) is 10.5. The second-order valence-corrected chi connectivity index (χ2v) is 6.57. The van der Waals surface area contributed by atoms with Gasteiger partial charge in [0.25, 0.3) is 0 Å². The van der Waals surface area contributed by atoms with E-state index in [4.69, 9.17) is 4.42 Å². The van der Waals surface area contributed by atoms with E-state index < -0.39 is 0 Å². The molecule has 0 spiro atoms. The average Bonchev–Trinajstić information content (AvgIpc) is 3.08. The fraction of sp³-hybridized carbons (Fsp3) is 0.706. The first kappa shape index (κ1) is 17.0. The minimum atomic E-state index is -0.383. The van der Waals surface area contributed by atoms with Crippen molar-refractivity contribution in [2.45, 2.75) is 57.5 Å². The molecule has 1 aromatic rings. The lowest BCUT2D eigenvalue weighted by atomic mass is 9.76. The van der Waals surface area contributed by atoms with E-state index in [-0.39, 0.29) is 30.6 Å². The van der Waals surface area contributed by atoms with Crippen molar-refractivity contribution in [2.75, 3.05) is 13.2 Å². The van der Waals surface area contributed by atoms with Crippen LogP contribution in [0.5, 0.6) is 0 Å². The summed E-state index contributed by atoms with van der Waals surface area (Å²) in [6, 6.07) is 3.50. The Bertz CT molecular complexity index is 454. The van der Waals surface area contributed by atoms with E-state index in [1.54, 1.807) is 6.26 Å². The van der Waals surface area contributed by atoms with Crippen LogP contribution in [0.15, 0.2) is 22.8 Å². The van der Waals surface area contributed by atoms with Crippen molar-refractivity contribution >= 4 is 5.91 Å². The second-order valence-electron chi connectivity index (χ2n) is 6.57. The van der Waals surface area contributed by atoms with Crippen molar-refractivity contribution in [1.82, 2.24) is 10.6 Å². The maximum Gasteiger partial charge on any atom is 0.234 e. The lowest BCUT2D eigenvalue weighted by Crippen LogP contribution is -2.55. The number of carbonyl (C=O) groups excluding carboxylic acids is 1. The zero-order valence-corrected chi connectivity index (χ0v) is 13.6. The van der Waals surface area contributed by atoms with Gasteiger partial charge in [-0.15, -0.1) is 0 Å². The monoisotopic (exact) mass is 308 g/mol. The van der Waals surface area contributed by atoms with Crippen molar-refractivity contribution in [3.8, 4) is 0 Å². The molecule has 0 radical (unpaired) electrons. The minimum absolute atomic E-state index is 0.0543. The number of hydrogen-bond acceptors (Lipinski definition) is 4. The summed E-state index contributed by atoms with van der Waals surface area (Å²) in [6.45, 7) is 4.17. The van der Waals surface area contributed by atoms with Crippen LogP contribution in [0, 0.1) is 5.92 Å². The SMILES string of the molecule is C[C@H](NC(=O)CN[C@](C)(CO)C1CCCCC1)c1ccco1. The molecule has 2 rings (SSSR count). The summed E-state index contributed by atoms with van der Waals surface area (Å²) in [5, 5.41) is 16.0. The summed E-state index contributed by atoms with van der Waals surface area (Å²) < 4.78 is 5.28. The minimum Gasteiger partial charge on any atom is -0.467 e. The van der Waals surface area contributed by atoms with Gasteiger partial charge in [-0.1, -0.05) is 19.3 Å². The van der Waals surface area contributed by atoms with Gasteiger partial charge in [0.15, 0.2) is 0 Å². The molecule has 1 amide bonds. The van der Waals surface area contributed by atoms with Crippen LogP contribution in [0.4, 0.5) is 0 Å². The Hall–Kier alpha value is -1.33. The van der Waals surface area contributed by atoms with E-state index in [9.17, 15) is 9.90 Å². The Morgan fingerprint density at radius 1 is 1.45 bits per heavy atom. The van der Waals surface area contributed by atoms with Gasteiger partial charge in [0.05, 0.1) is 25.5 Å². The number of rotatable bonds is 7. The van der Waals surface area contributed by atoms with Crippen LogP contribution in [-0.4, -0.2) is 29.7 Å². The molecule has 0 aliphatic heterocycles. The number of amides is 1. The lowest BCUT2D eigenvalue weighted by Gasteiger charge is -2.39. The quantitative estimate of drug-likeness (QED) is 0.723. The Kier molecular flexibility index (Phi) is 6.03. The molecule has 1 aliphatic carbocycles. The molecule has 22 heavy (non-hydrogen) atoms. The van der Waals surface area contributed by atoms with E-state index in [2.05, 4.69) is 10.6 Å². The van der Waals surface area contributed by atoms with Crippen molar-refractivity contribution in [3.05, 3.63) is 24.2 Å². The molecular formula is C17H28N2O3. The number of aliphatic hydroxyl groups is 1. The zero-order valence-electron chi connectivity index (χ0n) is 13.6. The van der Waals surface area contributed by atoms with Crippen LogP contribution in [0.25, 0.3) is 0 Å². The molecule has 0 saturated heterocycles. The van der Waals surface area contributed by atoms with Crippen molar-refractivity contribution in [3.63, 3.8) is 0 Å². The molecule has 5 nitrogen and oxygen atoms in total. The second kappa shape index (κ2) is 7.79. The van der Waals surface area contributed by atoms with Crippen LogP contribution in [0.3, 0.4) is 0 Å². The predicted molar refractivity (Wildman–Crippen MR) is 85.3 cm³/mol. The van der Waals surface area contributed by atoms with Gasteiger partial charge in [-0.25, -0.2) is 0 Å².